The summed E-state index contributed by atoms with van der Waals surface area (Å²) in [5.41, 5.74) is 15.0. The SMILES string of the molecule is Cc1c(C)c(C)c([C@H](N)C2CCOCC2)c(C)c1C.Cl. The van der Waals surface area contributed by atoms with Crippen molar-refractivity contribution >= 4 is 12.4 Å². The molecule has 0 radical (unpaired) electrons. The van der Waals surface area contributed by atoms with Gasteiger partial charge < -0.3 is 10.5 Å². The summed E-state index contributed by atoms with van der Waals surface area (Å²) in [6, 6.07) is 0.155. The van der Waals surface area contributed by atoms with E-state index in [1.807, 2.05) is 0 Å². The quantitative estimate of drug-likeness (QED) is 0.893. The molecule has 3 heteroatoms. The van der Waals surface area contributed by atoms with Crippen molar-refractivity contribution in [1.82, 2.24) is 0 Å². The van der Waals surface area contributed by atoms with Crippen LogP contribution in [-0.4, -0.2) is 13.2 Å². The second-order valence-corrected chi connectivity index (χ2v) is 6.01. The summed E-state index contributed by atoms with van der Waals surface area (Å²) < 4.78 is 5.46. The lowest BCUT2D eigenvalue weighted by molar-refractivity contribution is 0.0582. The first-order valence-electron chi connectivity index (χ1n) is 7.35. The maximum atomic E-state index is 6.60. The number of halogens is 1. The highest BCUT2D eigenvalue weighted by Gasteiger charge is 2.26. The van der Waals surface area contributed by atoms with E-state index in [4.69, 9.17) is 10.5 Å². The Kier molecular flexibility index (Phi) is 6.06. The number of hydrogen-bond donors (Lipinski definition) is 1. The highest BCUT2D eigenvalue weighted by atomic mass is 35.5. The van der Waals surface area contributed by atoms with Gasteiger partial charge in [0.25, 0.3) is 0 Å². The largest absolute Gasteiger partial charge is 0.381 e. The first-order valence-corrected chi connectivity index (χ1v) is 7.35. The topological polar surface area (TPSA) is 35.2 Å². The molecule has 0 amide bonds. The third-order valence-electron chi connectivity index (χ3n) is 5.17. The number of ether oxygens (including phenoxy) is 1. The minimum absolute atomic E-state index is 0. The molecule has 1 fully saturated rings. The molecule has 2 nitrogen and oxygen atoms in total. The summed E-state index contributed by atoms with van der Waals surface area (Å²) in [4.78, 5) is 0. The maximum absolute atomic E-state index is 6.60. The van der Waals surface area contributed by atoms with Gasteiger partial charge in [-0.15, -0.1) is 12.4 Å². The zero-order valence-corrected chi connectivity index (χ0v) is 14.2. The maximum Gasteiger partial charge on any atom is 0.0469 e. The van der Waals surface area contributed by atoms with Gasteiger partial charge in [0, 0.05) is 19.3 Å². The van der Waals surface area contributed by atoms with Crippen LogP contribution < -0.4 is 5.73 Å². The van der Waals surface area contributed by atoms with E-state index in [9.17, 15) is 0 Å². The van der Waals surface area contributed by atoms with E-state index in [2.05, 4.69) is 34.6 Å². The normalized spacial score (nSPS) is 17.7. The first-order chi connectivity index (χ1) is 8.95. The lowest BCUT2D eigenvalue weighted by Gasteiger charge is -2.31. The molecule has 1 atom stereocenters. The molecular formula is C17H28ClNO. The van der Waals surface area contributed by atoms with Crippen molar-refractivity contribution in [2.75, 3.05) is 13.2 Å². The minimum Gasteiger partial charge on any atom is -0.381 e. The van der Waals surface area contributed by atoms with Gasteiger partial charge in [0.15, 0.2) is 0 Å². The molecule has 0 aliphatic carbocycles. The Labute approximate surface area is 129 Å². The third-order valence-corrected chi connectivity index (χ3v) is 5.17. The molecule has 0 unspecified atom stereocenters. The number of nitrogens with two attached hydrogens (primary N) is 1. The molecule has 1 aromatic rings. The smallest absolute Gasteiger partial charge is 0.0469 e. The summed E-state index contributed by atoms with van der Waals surface area (Å²) in [6.45, 7) is 12.8. The molecule has 20 heavy (non-hydrogen) atoms. The van der Waals surface area contributed by atoms with Gasteiger partial charge in [-0.25, -0.2) is 0 Å². The zero-order valence-electron chi connectivity index (χ0n) is 13.4. The van der Waals surface area contributed by atoms with Crippen LogP contribution >= 0.6 is 12.4 Å². The van der Waals surface area contributed by atoms with Gasteiger partial charge in [0.05, 0.1) is 0 Å². The Bertz CT molecular complexity index is 449. The summed E-state index contributed by atoms with van der Waals surface area (Å²) in [5, 5.41) is 0. The Morgan fingerprint density at radius 2 is 1.25 bits per heavy atom. The molecule has 0 saturated carbocycles. The van der Waals surface area contributed by atoms with Crippen LogP contribution in [0.25, 0.3) is 0 Å². The van der Waals surface area contributed by atoms with Crippen molar-refractivity contribution in [2.24, 2.45) is 11.7 Å². The average molecular weight is 298 g/mol. The van der Waals surface area contributed by atoms with Crippen LogP contribution in [0.15, 0.2) is 0 Å². The number of rotatable bonds is 2. The molecule has 0 spiro atoms. The fraction of sp³-hybridized carbons (Fsp3) is 0.647. The van der Waals surface area contributed by atoms with Crippen LogP contribution in [0.4, 0.5) is 0 Å². The van der Waals surface area contributed by atoms with Crippen molar-refractivity contribution in [2.45, 2.75) is 53.5 Å². The summed E-state index contributed by atoms with van der Waals surface area (Å²) in [7, 11) is 0. The molecule has 2 rings (SSSR count). The van der Waals surface area contributed by atoms with Crippen molar-refractivity contribution < 1.29 is 4.74 Å². The van der Waals surface area contributed by atoms with E-state index in [0.29, 0.717) is 5.92 Å². The molecule has 1 aliphatic heterocycles. The standard InChI is InChI=1S/C17H27NO.ClH/c1-10-11(2)13(4)16(14(5)12(10)3)17(18)15-6-8-19-9-7-15;/h15,17H,6-9,18H2,1-5H3;1H/t17-;/m1./s1. The van der Waals surface area contributed by atoms with Crippen molar-refractivity contribution in [3.05, 3.63) is 33.4 Å². The van der Waals surface area contributed by atoms with Crippen molar-refractivity contribution in [3.8, 4) is 0 Å². The van der Waals surface area contributed by atoms with Crippen LogP contribution in [0.2, 0.25) is 0 Å². The van der Waals surface area contributed by atoms with Crippen LogP contribution in [-0.2, 0) is 4.74 Å². The minimum atomic E-state index is 0. The van der Waals surface area contributed by atoms with Gasteiger partial charge in [0.2, 0.25) is 0 Å². The first kappa shape index (κ1) is 17.5. The fourth-order valence-electron chi connectivity index (χ4n) is 3.34. The third kappa shape index (κ3) is 3.03. The van der Waals surface area contributed by atoms with Gasteiger partial charge in [-0.05, 0) is 86.8 Å². The van der Waals surface area contributed by atoms with Gasteiger partial charge in [-0.3, -0.25) is 0 Å². The predicted octanol–water partition coefficient (Wildman–Crippen LogP) is 4.08. The molecule has 114 valence electrons. The fourth-order valence-corrected chi connectivity index (χ4v) is 3.34. The Balaban J connectivity index is 0.00000200. The molecule has 1 heterocycles. The van der Waals surface area contributed by atoms with E-state index in [-0.39, 0.29) is 18.4 Å². The highest BCUT2D eigenvalue weighted by Crippen LogP contribution is 2.35. The molecule has 1 saturated heterocycles. The van der Waals surface area contributed by atoms with Gasteiger partial charge in [-0.2, -0.15) is 0 Å². The Morgan fingerprint density at radius 1 is 0.850 bits per heavy atom. The lowest BCUT2D eigenvalue weighted by atomic mass is 9.80. The predicted molar refractivity (Wildman–Crippen MR) is 87.8 cm³/mol. The van der Waals surface area contributed by atoms with Gasteiger partial charge >= 0.3 is 0 Å². The van der Waals surface area contributed by atoms with Gasteiger partial charge in [-0.1, -0.05) is 0 Å². The zero-order chi connectivity index (χ0) is 14.2. The monoisotopic (exact) mass is 297 g/mol. The highest BCUT2D eigenvalue weighted by molar-refractivity contribution is 5.85. The van der Waals surface area contributed by atoms with Crippen LogP contribution in [0.1, 0.15) is 52.3 Å². The molecule has 1 aromatic carbocycles. The summed E-state index contributed by atoms with van der Waals surface area (Å²) >= 11 is 0. The molecular weight excluding hydrogens is 270 g/mol. The van der Waals surface area contributed by atoms with E-state index >= 15 is 0 Å². The molecule has 1 aliphatic rings. The van der Waals surface area contributed by atoms with Gasteiger partial charge in [0.1, 0.15) is 0 Å². The lowest BCUT2D eigenvalue weighted by Crippen LogP contribution is -2.29. The average Bonchev–Trinajstić information content (AvgIpc) is 2.44. The van der Waals surface area contributed by atoms with E-state index in [1.54, 1.807) is 0 Å². The van der Waals surface area contributed by atoms with Crippen molar-refractivity contribution in [1.29, 1.82) is 0 Å². The number of hydrogen-bond acceptors (Lipinski definition) is 2. The van der Waals surface area contributed by atoms with E-state index in [1.165, 1.54) is 33.4 Å². The Hall–Kier alpha value is -0.570. The van der Waals surface area contributed by atoms with E-state index < -0.39 is 0 Å². The summed E-state index contributed by atoms with van der Waals surface area (Å²) in [5.74, 6) is 0.563. The molecule has 2 N–H and O–H groups in total. The van der Waals surface area contributed by atoms with Crippen molar-refractivity contribution in [3.63, 3.8) is 0 Å². The van der Waals surface area contributed by atoms with Crippen LogP contribution in [0, 0.1) is 40.5 Å². The molecule has 0 aromatic heterocycles. The summed E-state index contributed by atoms with van der Waals surface area (Å²) in [6.07, 6.45) is 2.18. The second-order valence-electron chi connectivity index (χ2n) is 6.01. The second kappa shape index (κ2) is 6.93. The molecule has 0 bridgehead atoms. The van der Waals surface area contributed by atoms with Crippen LogP contribution in [0.5, 0.6) is 0 Å². The van der Waals surface area contributed by atoms with Crippen LogP contribution in [0.3, 0.4) is 0 Å². The van der Waals surface area contributed by atoms with E-state index in [0.717, 1.165) is 26.1 Å². The Morgan fingerprint density at radius 3 is 1.70 bits per heavy atom. The number of benzene rings is 1.